The molecule has 3 aliphatic heterocycles. The smallest absolute Gasteiger partial charge is 0.410 e. The van der Waals surface area contributed by atoms with Gasteiger partial charge in [0.1, 0.15) is 30.2 Å². The number of fused-ring (bicyclic) bond motifs is 1. The van der Waals surface area contributed by atoms with Crippen molar-refractivity contribution in [1.82, 2.24) is 14.7 Å². The second-order valence-electron chi connectivity index (χ2n) is 13.5. The minimum atomic E-state index is -1.30. The summed E-state index contributed by atoms with van der Waals surface area (Å²) in [7, 11) is -1.30. The van der Waals surface area contributed by atoms with E-state index in [4.69, 9.17) is 14.2 Å². The van der Waals surface area contributed by atoms with E-state index in [1.807, 2.05) is 33.8 Å². The number of likely N-dealkylation sites (tertiary alicyclic amines) is 2. The van der Waals surface area contributed by atoms with Crippen LogP contribution in [0.2, 0.25) is 25.7 Å². The third kappa shape index (κ3) is 7.48. The van der Waals surface area contributed by atoms with Crippen LogP contribution in [0.1, 0.15) is 69.3 Å². The molecule has 10 nitrogen and oxygen atoms in total. The van der Waals surface area contributed by atoms with E-state index >= 15 is 0 Å². The number of piperidine rings is 2. The highest BCUT2D eigenvalue weighted by molar-refractivity contribution is 6.76. The zero-order valence-electron chi connectivity index (χ0n) is 25.5. The van der Waals surface area contributed by atoms with Crippen LogP contribution in [0.4, 0.5) is 4.79 Å². The highest BCUT2D eigenvalue weighted by Gasteiger charge is 2.43. The van der Waals surface area contributed by atoms with Crippen LogP contribution in [0.15, 0.2) is 18.2 Å². The number of benzene rings is 1. The first-order valence-corrected chi connectivity index (χ1v) is 18.4. The van der Waals surface area contributed by atoms with Crippen molar-refractivity contribution in [3.05, 3.63) is 29.3 Å². The van der Waals surface area contributed by atoms with Crippen LogP contribution in [-0.4, -0.2) is 90.3 Å². The molecular weight excluding hydrogens is 542 g/mol. The molecule has 226 valence electrons. The van der Waals surface area contributed by atoms with Crippen molar-refractivity contribution in [3.63, 3.8) is 0 Å². The number of carbonyl (C=O) groups is 4. The van der Waals surface area contributed by atoms with Crippen LogP contribution in [-0.2, 0) is 25.6 Å². The third-order valence-corrected chi connectivity index (χ3v) is 9.52. The van der Waals surface area contributed by atoms with Gasteiger partial charge in [0, 0.05) is 39.8 Å². The number of amides is 4. The fourth-order valence-electron chi connectivity index (χ4n) is 5.44. The van der Waals surface area contributed by atoms with Gasteiger partial charge in [0.15, 0.2) is 0 Å². The topological polar surface area (TPSA) is 106 Å². The minimum Gasteiger partial charge on any atom is -0.488 e. The lowest BCUT2D eigenvalue weighted by molar-refractivity contribution is -0.158. The number of ether oxygens (including phenoxy) is 3. The average Bonchev–Trinajstić information content (AvgIpc) is 3.18. The van der Waals surface area contributed by atoms with E-state index in [0.717, 1.165) is 29.3 Å². The molecule has 3 aliphatic rings. The molecule has 11 heteroatoms. The summed E-state index contributed by atoms with van der Waals surface area (Å²) >= 11 is 0. The molecule has 1 aromatic carbocycles. The van der Waals surface area contributed by atoms with E-state index in [0.29, 0.717) is 30.9 Å². The van der Waals surface area contributed by atoms with Crippen molar-refractivity contribution in [2.24, 2.45) is 0 Å². The Morgan fingerprint density at radius 1 is 1.10 bits per heavy atom. The van der Waals surface area contributed by atoms with Crippen molar-refractivity contribution < 1.29 is 33.4 Å². The summed E-state index contributed by atoms with van der Waals surface area (Å²) in [5.74, 6) is -0.254. The largest absolute Gasteiger partial charge is 0.488 e. The Labute approximate surface area is 244 Å². The summed E-state index contributed by atoms with van der Waals surface area (Å²) in [4.78, 5) is 56.3. The number of hydrogen-bond acceptors (Lipinski definition) is 7. The number of hydrogen-bond donors (Lipinski definition) is 0. The molecule has 0 aromatic heterocycles. The van der Waals surface area contributed by atoms with Gasteiger partial charge in [-0.3, -0.25) is 19.3 Å². The normalized spacial score (nSPS) is 23.6. The fourth-order valence-corrected chi connectivity index (χ4v) is 6.20. The Bertz CT molecular complexity index is 1180. The maximum atomic E-state index is 13.3. The van der Waals surface area contributed by atoms with Crippen molar-refractivity contribution in [3.8, 4) is 5.75 Å². The monoisotopic (exact) mass is 587 g/mol. The van der Waals surface area contributed by atoms with Crippen molar-refractivity contribution in [1.29, 1.82) is 0 Å². The minimum absolute atomic E-state index is 0.0779. The lowest BCUT2D eigenvalue weighted by Crippen LogP contribution is -2.55. The molecule has 0 spiro atoms. The van der Waals surface area contributed by atoms with Gasteiger partial charge in [-0.1, -0.05) is 19.6 Å². The second-order valence-corrected chi connectivity index (χ2v) is 19.1. The van der Waals surface area contributed by atoms with E-state index in [1.165, 1.54) is 0 Å². The maximum absolute atomic E-state index is 13.3. The van der Waals surface area contributed by atoms with Gasteiger partial charge in [0.25, 0.3) is 11.8 Å². The lowest BCUT2D eigenvalue weighted by Gasteiger charge is -2.39. The maximum Gasteiger partial charge on any atom is 0.410 e. The Kier molecular flexibility index (Phi) is 9.18. The molecule has 1 aromatic rings. The van der Waals surface area contributed by atoms with Gasteiger partial charge in [0.05, 0.1) is 6.04 Å². The zero-order valence-corrected chi connectivity index (χ0v) is 26.5. The Morgan fingerprint density at radius 2 is 1.83 bits per heavy atom. The molecule has 0 saturated carbocycles. The molecular formula is C30H45N3O7Si. The van der Waals surface area contributed by atoms with Crippen molar-refractivity contribution in [2.75, 3.05) is 19.9 Å². The van der Waals surface area contributed by atoms with Crippen molar-refractivity contribution >= 4 is 31.9 Å². The van der Waals surface area contributed by atoms with Gasteiger partial charge in [-0.2, -0.15) is 0 Å². The summed E-state index contributed by atoms with van der Waals surface area (Å²) in [5, 5.41) is 0. The molecule has 41 heavy (non-hydrogen) atoms. The van der Waals surface area contributed by atoms with E-state index in [2.05, 4.69) is 19.6 Å². The highest BCUT2D eigenvalue weighted by atomic mass is 28.3. The lowest BCUT2D eigenvalue weighted by atomic mass is 10.0. The molecule has 3 heterocycles. The summed E-state index contributed by atoms with van der Waals surface area (Å²) in [5.41, 5.74) is 0.739. The molecule has 0 N–H and O–H groups in total. The van der Waals surface area contributed by atoms with E-state index in [1.54, 1.807) is 21.9 Å². The molecule has 0 radical (unpaired) electrons. The van der Waals surface area contributed by atoms with Crippen LogP contribution < -0.4 is 4.74 Å². The summed E-state index contributed by atoms with van der Waals surface area (Å²) in [6.45, 7) is 15.5. The highest BCUT2D eigenvalue weighted by Crippen LogP contribution is 2.33. The van der Waals surface area contributed by atoms with E-state index < -0.39 is 19.7 Å². The summed E-state index contributed by atoms with van der Waals surface area (Å²) < 4.78 is 17.6. The number of rotatable bonds is 8. The second kappa shape index (κ2) is 12.1. The Morgan fingerprint density at radius 3 is 2.51 bits per heavy atom. The predicted octanol–water partition coefficient (Wildman–Crippen LogP) is 4.64. The van der Waals surface area contributed by atoms with Gasteiger partial charge in [0.2, 0.25) is 5.91 Å². The molecule has 0 bridgehead atoms. The van der Waals surface area contributed by atoms with Crippen LogP contribution in [0.5, 0.6) is 5.75 Å². The van der Waals surface area contributed by atoms with Crippen LogP contribution in [0, 0.1) is 0 Å². The number of carbonyl (C=O) groups excluding carboxylic acids is 4. The van der Waals surface area contributed by atoms with Gasteiger partial charge >= 0.3 is 6.09 Å². The van der Waals surface area contributed by atoms with Crippen LogP contribution >= 0.6 is 0 Å². The first-order chi connectivity index (χ1) is 19.1. The number of nitrogens with zero attached hydrogens (tertiary/aromatic N) is 3. The van der Waals surface area contributed by atoms with Crippen molar-refractivity contribution in [2.45, 2.75) is 109 Å². The Hall–Kier alpha value is -2.92. The first kappa shape index (κ1) is 31.0. The average molecular weight is 588 g/mol. The number of imide groups is 1. The standard InChI is InChI=1S/C30H45N3O7Si/c1-20-25(9-8-14-31(20)29(37)40-30(2,3)4)39-22-10-11-23-21(17-22)18-32(27(23)35)24-12-13-26(34)33(28(24)36)19-38-15-16-41(5,6)7/h10-11,17,20,24-25H,8-9,12-16,18-19H2,1-7H3/t20-,24?,25-/m1/s1. The summed E-state index contributed by atoms with van der Waals surface area (Å²) in [6, 6.07) is 5.41. The predicted molar refractivity (Wildman–Crippen MR) is 156 cm³/mol. The molecule has 2 fully saturated rings. The first-order valence-electron chi connectivity index (χ1n) is 14.7. The van der Waals surface area contributed by atoms with E-state index in [9.17, 15) is 19.2 Å². The summed E-state index contributed by atoms with van der Waals surface area (Å²) in [6.07, 6.45) is 1.51. The molecule has 0 aliphatic carbocycles. The third-order valence-electron chi connectivity index (χ3n) is 7.82. The van der Waals surface area contributed by atoms with Gasteiger partial charge in [-0.25, -0.2) is 4.79 Å². The Balaban J connectivity index is 1.39. The van der Waals surface area contributed by atoms with Gasteiger partial charge < -0.3 is 24.0 Å². The molecule has 2 saturated heterocycles. The molecule has 3 atom stereocenters. The molecule has 1 unspecified atom stereocenters. The quantitative estimate of drug-likeness (QED) is 0.248. The van der Waals surface area contributed by atoms with Crippen LogP contribution in [0.25, 0.3) is 0 Å². The molecule has 4 amide bonds. The van der Waals surface area contributed by atoms with Gasteiger partial charge in [-0.05, 0) is 76.8 Å². The van der Waals surface area contributed by atoms with Gasteiger partial charge in [-0.15, -0.1) is 0 Å². The van der Waals surface area contributed by atoms with Crippen LogP contribution in [0.3, 0.4) is 0 Å². The molecule has 4 rings (SSSR count). The van der Waals surface area contributed by atoms with E-state index in [-0.39, 0.29) is 55.7 Å². The SMILES string of the molecule is C[C@@H]1[C@H](Oc2ccc3c(c2)CN(C2CCC(=O)N(COCC[Si](C)(C)C)C2=O)C3=O)CCCN1C(=O)OC(C)(C)C. The fraction of sp³-hybridized carbons (Fsp3) is 0.667. The zero-order chi connectivity index (χ0) is 30.1.